The molecule has 3 fully saturated rings. The van der Waals surface area contributed by atoms with Crippen LogP contribution in [0, 0.1) is 5.92 Å². The number of hydrogen-bond donors (Lipinski definition) is 0. The molecule has 2 aromatic rings. The van der Waals surface area contributed by atoms with Gasteiger partial charge in [0.1, 0.15) is 21.8 Å². The fourth-order valence-electron chi connectivity index (χ4n) is 4.10. The van der Waals surface area contributed by atoms with E-state index in [0.29, 0.717) is 5.92 Å². The van der Waals surface area contributed by atoms with Gasteiger partial charge in [0.05, 0.1) is 0 Å². The fourth-order valence-corrected chi connectivity index (χ4v) is 4.10. The largest absolute Gasteiger partial charge is 0.509 e. The molecule has 1 atom stereocenters. The van der Waals surface area contributed by atoms with Crippen molar-refractivity contribution < 1.29 is 14.3 Å². The molecule has 3 saturated heterocycles. The summed E-state index contributed by atoms with van der Waals surface area (Å²) in [6.45, 7) is 3.07. The molecule has 0 N–H and O–H groups in total. The lowest BCUT2D eigenvalue weighted by Gasteiger charge is -2.43. The third kappa shape index (κ3) is 4.22. The van der Waals surface area contributed by atoms with E-state index < -0.39 is 12.3 Å². The van der Waals surface area contributed by atoms with Crippen LogP contribution < -0.4 is 10.9 Å². The van der Waals surface area contributed by atoms with E-state index in [0.717, 1.165) is 43.6 Å². The molecule has 27 heavy (non-hydrogen) atoms. The summed E-state index contributed by atoms with van der Waals surface area (Å²) in [7, 11) is 4.10. The maximum atomic E-state index is 12.6. The Morgan fingerprint density at radius 1 is 0.926 bits per heavy atom. The molecular weight excluding hydrogens is 336 g/mol. The normalized spacial score (nSPS) is 24.0. The van der Waals surface area contributed by atoms with Gasteiger partial charge in [0, 0.05) is 6.54 Å². The number of carbonyl (C=O) groups excluding carboxylic acids is 1. The molecule has 0 saturated carbocycles. The maximum Gasteiger partial charge on any atom is 0.509 e. The van der Waals surface area contributed by atoms with Gasteiger partial charge in [-0.25, -0.2) is 4.79 Å². The summed E-state index contributed by atoms with van der Waals surface area (Å²) in [5.74, 6) is 0.472. The molecule has 4 nitrogen and oxygen atoms in total. The van der Waals surface area contributed by atoms with Crippen molar-refractivity contribution in [1.29, 1.82) is 0 Å². The zero-order valence-corrected chi connectivity index (χ0v) is 16.1. The average Bonchev–Trinajstić information content (AvgIpc) is 2.69. The molecule has 0 radical (unpaired) electrons. The van der Waals surface area contributed by atoms with Crippen LogP contribution in [0.4, 0.5) is 4.79 Å². The molecule has 3 aliphatic heterocycles. The van der Waals surface area contributed by atoms with Gasteiger partial charge < -0.3 is 9.47 Å². The van der Waals surface area contributed by atoms with Crippen molar-refractivity contribution in [2.45, 2.75) is 25.0 Å². The predicted octanol–water partition coefficient (Wildman–Crippen LogP) is 0.540. The van der Waals surface area contributed by atoms with Gasteiger partial charge in [-0.3, -0.25) is 4.90 Å². The number of carbonyl (C=O) groups is 1. The van der Waals surface area contributed by atoms with Gasteiger partial charge >= 0.3 is 6.16 Å². The predicted molar refractivity (Wildman–Crippen MR) is 112 cm³/mol. The highest BCUT2D eigenvalue weighted by Gasteiger charge is 2.37. The zero-order valence-electron chi connectivity index (χ0n) is 16.1. The third-order valence-electron chi connectivity index (χ3n) is 5.82. The topological polar surface area (TPSA) is 38.8 Å². The van der Waals surface area contributed by atoms with Crippen LogP contribution in [0.5, 0.6) is 0 Å². The SMILES string of the molecule is Bc1ccc(C(OC(=O)O[C@H]2CN3CCC2CC3)c2ccc(B)cc2)cc1. The van der Waals surface area contributed by atoms with Crippen LogP contribution in [0.25, 0.3) is 0 Å². The molecule has 0 unspecified atom stereocenters. The second kappa shape index (κ2) is 7.81. The van der Waals surface area contributed by atoms with Crippen molar-refractivity contribution in [1.82, 2.24) is 4.90 Å². The molecule has 0 amide bonds. The molecule has 0 aliphatic carbocycles. The van der Waals surface area contributed by atoms with Crippen molar-refractivity contribution in [3.05, 3.63) is 59.7 Å². The summed E-state index contributed by atoms with van der Waals surface area (Å²) in [6.07, 6.45) is 1.14. The molecule has 3 heterocycles. The Balaban J connectivity index is 1.51. The number of rotatable bonds is 4. The lowest BCUT2D eigenvalue weighted by atomic mass is 9.86. The van der Waals surface area contributed by atoms with Crippen LogP contribution in [0.2, 0.25) is 0 Å². The molecular formula is C21H25B2NO3. The first kappa shape index (κ1) is 18.2. The average molecular weight is 361 g/mol. The van der Waals surface area contributed by atoms with Crippen LogP contribution in [0.15, 0.2) is 48.5 Å². The lowest BCUT2D eigenvalue weighted by Crippen LogP contribution is -2.52. The quantitative estimate of drug-likeness (QED) is 0.589. The summed E-state index contributed by atoms with van der Waals surface area (Å²) >= 11 is 0. The summed E-state index contributed by atoms with van der Waals surface area (Å²) in [5, 5.41) is 0. The molecule has 138 valence electrons. The first-order valence-electron chi connectivity index (χ1n) is 9.81. The van der Waals surface area contributed by atoms with Gasteiger partial charge in [-0.2, -0.15) is 0 Å². The van der Waals surface area contributed by atoms with Gasteiger partial charge in [0.25, 0.3) is 0 Å². The van der Waals surface area contributed by atoms with Crippen LogP contribution in [-0.4, -0.2) is 52.5 Å². The Morgan fingerprint density at radius 2 is 1.44 bits per heavy atom. The molecule has 2 bridgehead atoms. The van der Waals surface area contributed by atoms with Gasteiger partial charge in [-0.1, -0.05) is 59.5 Å². The van der Waals surface area contributed by atoms with Gasteiger partial charge in [0.2, 0.25) is 0 Å². The number of piperidine rings is 3. The maximum absolute atomic E-state index is 12.6. The second-order valence-corrected chi connectivity index (χ2v) is 7.86. The highest BCUT2D eigenvalue weighted by Crippen LogP contribution is 2.31. The van der Waals surface area contributed by atoms with E-state index >= 15 is 0 Å². The van der Waals surface area contributed by atoms with E-state index in [9.17, 15) is 4.79 Å². The number of benzene rings is 2. The van der Waals surface area contributed by atoms with E-state index in [1.165, 1.54) is 10.9 Å². The smallest absolute Gasteiger partial charge is 0.429 e. The highest BCUT2D eigenvalue weighted by molar-refractivity contribution is 6.32. The van der Waals surface area contributed by atoms with E-state index in [2.05, 4.69) is 4.90 Å². The summed E-state index contributed by atoms with van der Waals surface area (Å²) in [5.41, 5.74) is 4.26. The molecule has 0 aromatic heterocycles. The lowest BCUT2D eigenvalue weighted by molar-refractivity contribution is -0.0642. The van der Waals surface area contributed by atoms with E-state index in [-0.39, 0.29) is 6.10 Å². The number of fused-ring (bicyclic) bond motifs is 3. The van der Waals surface area contributed by atoms with Gasteiger partial charge in [0.15, 0.2) is 6.10 Å². The van der Waals surface area contributed by atoms with Crippen LogP contribution in [-0.2, 0) is 9.47 Å². The second-order valence-electron chi connectivity index (χ2n) is 7.86. The Bertz CT molecular complexity index is 741. The van der Waals surface area contributed by atoms with Crippen molar-refractivity contribution in [3.8, 4) is 0 Å². The van der Waals surface area contributed by atoms with Gasteiger partial charge in [-0.05, 0) is 43.0 Å². The Kier molecular flexibility index (Phi) is 5.26. The Morgan fingerprint density at radius 3 is 1.89 bits per heavy atom. The summed E-state index contributed by atoms with van der Waals surface area (Å²) < 4.78 is 11.6. The first-order valence-corrected chi connectivity index (χ1v) is 9.81. The minimum Gasteiger partial charge on any atom is -0.429 e. The standard InChI is InChI=1S/C21H25B2NO3/c22-17-5-1-15(2-6-17)20(16-3-7-18(23)8-4-16)27-21(25)26-19-13-24-11-9-14(19)10-12-24/h1-8,14,19-20H,9-13,22-23H2/t19-/m0/s1. The van der Waals surface area contributed by atoms with E-state index in [1.54, 1.807) is 0 Å². The highest BCUT2D eigenvalue weighted by atomic mass is 16.7. The molecule has 6 heteroatoms. The third-order valence-corrected chi connectivity index (χ3v) is 5.82. The molecule has 3 aliphatic rings. The number of nitrogens with zero attached hydrogens (tertiary/aromatic N) is 1. The Hall–Kier alpha value is -2.20. The van der Waals surface area contributed by atoms with Crippen molar-refractivity contribution in [2.24, 2.45) is 5.92 Å². The minimum absolute atomic E-state index is 0.0447. The number of ether oxygens (including phenoxy) is 2. The van der Waals surface area contributed by atoms with Gasteiger partial charge in [-0.15, -0.1) is 0 Å². The minimum atomic E-state index is -0.570. The monoisotopic (exact) mass is 361 g/mol. The van der Waals surface area contributed by atoms with Crippen LogP contribution in [0.3, 0.4) is 0 Å². The number of hydrogen-bond acceptors (Lipinski definition) is 4. The zero-order chi connectivity index (χ0) is 18.8. The molecule has 2 aromatic carbocycles. The van der Waals surface area contributed by atoms with Crippen LogP contribution >= 0.6 is 0 Å². The molecule has 0 spiro atoms. The van der Waals surface area contributed by atoms with Crippen LogP contribution in [0.1, 0.15) is 30.1 Å². The van der Waals surface area contributed by atoms with Crippen molar-refractivity contribution in [2.75, 3.05) is 19.6 Å². The summed E-state index contributed by atoms with van der Waals surface area (Å²) in [6, 6.07) is 16.2. The summed E-state index contributed by atoms with van der Waals surface area (Å²) in [4.78, 5) is 15.0. The fraction of sp³-hybridized carbons (Fsp3) is 0.381. The van der Waals surface area contributed by atoms with Crippen molar-refractivity contribution in [3.63, 3.8) is 0 Å². The van der Waals surface area contributed by atoms with E-state index in [4.69, 9.17) is 9.47 Å². The Labute approximate surface area is 162 Å². The molecule has 5 rings (SSSR count). The van der Waals surface area contributed by atoms with E-state index in [1.807, 2.05) is 64.2 Å². The first-order chi connectivity index (χ1) is 13.1. The van der Waals surface area contributed by atoms with Crippen molar-refractivity contribution >= 4 is 32.8 Å².